The van der Waals surface area contributed by atoms with Crippen LogP contribution in [0.3, 0.4) is 0 Å². The second-order valence-corrected chi connectivity index (χ2v) is 13.0. The summed E-state index contributed by atoms with van der Waals surface area (Å²) in [5.74, 6) is 1.01. The molecule has 0 radical (unpaired) electrons. The van der Waals surface area contributed by atoms with E-state index in [1.807, 2.05) is 53.0 Å². The molecule has 1 fully saturated rings. The van der Waals surface area contributed by atoms with Crippen molar-refractivity contribution >= 4 is 33.0 Å². The lowest BCUT2D eigenvalue weighted by Gasteiger charge is -2.29. The Labute approximate surface area is 227 Å². The highest BCUT2D eigenvalue weighted by Crippen LogP contribution is 2.49. The van der Waals surface area contributed by atoms with Crippen LogP contribution in [0.2, 0.25) is 0 Å². The summed E-state index contributed by atoms with van der Waals surface area (Å²) < 4.78 is 31.3. The highest BCUT2D eigenvalue weighted by molar-refractivity contribution is 7.91. The van der Waals surface area contributed by atoms with E-state index in [1.165, 1.54) is 16.9 Å². The van der Waals surface area contributed by atoms with Crippen molar-refractivity contribution in [2.75, 3.05) is 4.90 Å². The standard InChI is InChI=1S/C29H30N4O3S2/c1-32-15-14-30-27(32)19-33(29(34)25-18-23(25)20-7-3-2-4-8-20)22-13-12-21-9-5-10-26(24(21)17-22)31-38(35,36)28-11-6-16-37-28/h2-4,6-8,11-17,23,25-26,31H,5,9-10,18-19H2,1H3/t23-,25-,26-/m1/s1. The highest BCUT2D eigenvalue weighted by atomic mass is 32.2. The molecule has 7 nitrogen and oxygen atoms in total. The number of carbonyl (C=O) groups is 1. The summed E-state index contributed by atoms with van der Waals surface area (Å²) in [5.41, 5.74) is 4.03. The SMILES string of the molecule is Cn1ccnc1CN(C(=O)[C@@H]1C[C@@H]1c1ccccc1)c1ccc2c(c1)[C@H](NS(=O)(=O)c1cccs1)CCC2. The molecule has 0 aliphatic heterocycles. The van der Waals surface area contributed by atoms with Crippen LogP contribution < -0.4 is 9.62 Å². The van der Waals surface area contributed by atoms with Crippen molar-refractivity contribution in [2.24, 2.45) is 13.0 Å². The van der Waals surface area contributed by atoms with Gasteiger partial charge in [-0.15, -0.1) is 11.3 Å². The van der Waals surface area contributed by atoms with Crippen molar-refractivity contribution in [3.05, 3.63) is 101 Å². The second-order valence-electron chi connectivity index (χ2n) is 10.1. The normalized spacial score (nSPS) is 20.6. The molecule has 38 heavy (non-hydrogen) atoms. The monoisotopic (exact) mass is 546 g/mol. The van der Waals surface area contributed by atoms with Gasteiger partial charge < -0.3 is 9.47 Å². The largest absolute Gasteiger partial charge is 0.337 e. The van der Waals surface area contributed by atoms with Crippen molar-refractivity contribution < 1.29 is 13.2 Å². The number of aromatic nitrogens is 2. The van der Waals surface area contributed by atoms with E-state index < -0.39 is 10.0 Å². The number of amides is 1. The maximum Gasteiger partial charge on any atom is 0.250 e. The fourth-order valence-electron chi connectivity index (χ4n) is 5.46. The summed E-state index contributed by atoms with van der Waals surface area (Å²) in [5, 5.41) is 1.77. The zero-order chi connectivity index (χ0) is 26.3. The molecule has 2 aromatic heterocycles. The fourth-order valence-corrected chi connectivity index (χ4v) is 7.72. The molecule has 2 aliphatic rings. The maximum absolute atomic E-state index is 13.9. The molecule has 196 valence electrons. The Morgan fingerprint density at radius 3 is 2.74 bits per heavy atom. The Kier molecular flexibility index (Phi) is 6.67. The van der Waals surface area contributed by atoms with E-state index in [0.29, 0.717) is 17.2 Å². The lowest BCUT2D eigenvalue weighted by atomic mass is 9.87. The number of hydrogen-bond donors (Lipinski definition) is 1. The zero-order valence-electron chi connectivity index (χ0n) is 21.2. The topological polar surface area (TPSA) is 84.3 Å². The summed E-state index contributed by atoms with van der Waals surface area (Å²) in [6, 6.07) is 19.3. The molecule has 0 bridgehead atoms. The number of fused-ring (bicyclic) bond motifs is 1. The second kappa shape index (κ2) is 10.1. The maximum atomic E-state index is 13.9. The van der Waals surface area contributed by atoms with Crippen LogP contribution >= 0.6 is 11.3 Å². The zero-order valence-corrected chi connectivity index (χ0v) is 22.8. The third kappa shape index (κ3) is 4.93. The number of nitrogens with one attached hydrogen (secondary N) is 1. The quantitative estimate of drug-likeness (QED) is 0.330. The van der Waals surface area contributed by atoms with Gasteiger partial charge >= 0.3 is 0 Å². The number of benzene rings is 2. The number of rotatable bonds is 8. The minimum Gasteiger partial charge on any atom is -0.337 e. The molecule has 6 rings (SSSR count). The third-order valence-corrected chi connectivity index (χ3v) is 10.5. The number of carbonyl (C=O) groups excluding carboxylic acids is 1. The Morgan fingerprint density at radius 2 is 2.00 bits per heavy atom. The van der Waals surface area contributed by atoms with Gasteiger partial charge in [-0.25, -0.2) is 18.1 Å². The van der Waals surface area contributed by atoms with Crippen molar-refractivity contribution in [3.8, 4) is 0 Å². The average Bonchev–Trinajstić information content (AvgIpc) is 3.30. The summed E-state index contributed by atoms with van der Waals surface area (Å²) in [4.78, 5) is 20.2. The van der Waals surface area contributed by atoms with E-state index in [2.05, 4.69) is 27.9 Å². The van der Waals surface area contributed by atoms with Crippen LogP contribution in [0.15, 0.2) is 82.6 Å². The van der Waals surface area contributed by atoms with Gasteiger partial charge in [-0.1, -0.05) is 42.5 Å². The van der Waals surface area contributed by atoms with Crippen molar-refractivity contribution in [1.82, 2.24) is 14.3 Å². The van der Waals surface area contributed by atoms with E-state index >= 15 is 0 Å². The van der Waals surface area contributed by atoms with Crippen molar-refractivity contribution in [1.29, 1.82) is 0 Å². The first kappa shape index (κ1) is 25.0. The molecule has 2 aliphatic carbocycles. The van der Waals surface area contributed by atoms with Gasteiger partial charge in [0.25, 0.3) is 10.0 Å². The van der Waals surface area contributed by atoms with Crippen LogP contribution in [-0.4, -0.2) is 23.9 Å². The number of nitrogens with zero attached hydrogens (tertiary/aromatic N) is 3. The molecular formula is C29H30N4O3S2. The van der Waals surface area contributed by atoms with Crippen LogP contribution in [0.5, 0.6) is 0 Å². The van der Waals surface area contributed by atoms with Gasteiger partial charge in [-0.2, -0.15) is 0 Å². The van der Waals surface area contributed by atoms with Crippen molar-refractivity contribution in [3.63, 3.8) is 0 Å². The van der Waals surface area contributed by atoms with Gasteiger partial charge in [0.2, 0.25) is 5.91 Å². The molecule has 2 aromatic carbocycles. The van der Waals surface area contributed by atoms with Gasteiger partial charge in [-0.05, 0) is 71.9 Å². The third-order valence-electron chi connectivity index (χ3n) is 7.63. The van der Waals surface area contributed by atoms with E-state index in [4.69, 9.17) is 0 Å². The average molecular weight is 547 g/mol. The Bertz CT molecular complexity index is 1550. The van der Waals surface area contributed by atoms with Gasteiger partial charge in [0.05, 0.1) is 6.54 Å². The van der Waals surface area contributed by atoms with Crippen LogP contribution in [0, 0.1) is 5.92 Å². The van der Waals surface area contributed by atoms with Gasteiger partial charge in [0.1, 0.15) is 10.0 Å². The summed E-state index contributed by atoms with van der Waals surface area (Å²) >= 11 is 1.21. The molecule has 2 heterocycles. The molecule has 4 aromatic rings. The van der Waals surface area contributed by atoms with E-state index in [-0.39, 0.29) is 23.8 Å². The summed E-state index contributed by atoms with van der Waals surface area (Å²) in [6.45, 7) is 0.352. The van der Waals surface area contributed by atoms with E-state index in [9.17, 15) is 13.2 Å². The molecule has 0 saturated heterocycles. The minimum atomic E-state index is -3.62. The Morgan fingerprint density at radius 1 is 1.16 bits per heavy atom. The first-order valence-corrected chi connectivity index (χ1v) is 15.3. The predicted octanol–water partition coefficient (Wildman–Crippen LogP) is 5.17. The molecule has 1 amide bonds. The predicted molar refractivity (Wildman–Crippen MR) is 148 cm³/mol. The minimum absolute atomic E-state index is 0.0772. The highest BCUT2D eigenvalue weighted by Gasteiger charge is 2.46. The number of sulfonamides is 1. The Hall–Kier alpha value is -3.27. The van der Waals surface area contributed by atoms with Gasteiger partial charge in [0, 0.05) is 37.1 Å². The van der Waals surface area contributed by atoms with Crippen molar-refractivity contribution in [2.45, 2.75) is 48.4 Å². The van der Waals surface area contributed by atoms with Crippen LogP contribution in [0.1, 0.15) is 53.7 Å². The number of hydrogen-bond acceptors (Lipinski definition) is 5. The number of thiophene rings is 1. The van der Waals surface area contributed by atoms with Gasteiger partial charge in [-0.3, -0.25) is 4.79 Å². The lowest BCUT2D eigenvalue weighted by molar-refractivity contribution is -0.120. The number of aryl methyl sites for hydroxylation is 2. The van der Waals surface area contributed by atoms with Crippen LogP contribution in [-0.2, 0) is 34.8 Å². The molecule has 1 N–H and O–H groups in total. The van der Waals surface area contributed by atoms with Crippen LogP contribution in [0.4, 0.5) is 5.69 Å². The molecule has 0 unspecified atom stereocenters. The smallest absolute Gasteiger partial charge is 0.250 e. The summed E-state index contributed by atoms with van der Waals surface area (Å²) in [6.07, 6.45) is 6.95. The summed E-state index contributed by atoms with van der Waals surface area (Å²) in [7, 11) is -1.69. The molecular weight excluding hydrogens is 516 g/mol. The number of anilines is 1. The van der Waals surface area contributed by atoms with Gasteiger partial charge in [0.15, 0.2) is 0 Å². The first-order valence-electron chi connectivity index (χ1n) is 12.9. The fraction of sp³-hybridized carbons (Fsp3) is 0.310. The lowest BCUT2D eigenvalue weighted by Crippen LogP contribution is -2.34. The molecule has 9 heteroatoms. The van der Waals surface area contributed by atoms with E-state index in [1.54, 1.807) is 23.7 Å². The molecule has 0 spiro atoms. The van der Waals surface area contributed by atoms with E-state index in [0.717, 1.165) is 41.9 Å². The number of imidazole rings is 1. The first-order chi connectivity index (χ1) is 18.4. The molecule has 3 atom stereocenters. The Balaban J connectivity index is 1.32. The molecule has 1 saturated carbocycles. The van der Waals surface area contributed by atoms with Crippen LogP contribution in [0.25, 0.3) is 0 Å².